The molecular weight excluding hydrogens is 286 g/mol. The van der Waals surface area contributed by atoms with Gasteiger partial charge in [-0.15, -0.1) is 11.3 Å². The average molecular weight is 299 g/mol. The summed E-state index contributed by atoms with van der Waals surface area (Å²) in [6.07, 6.45) is 0.930. The molecule has 0 atom stereocenters. The Labute approximate surface area is 102 Å². The minimum Gasteiger partial charge on any atom is -0.380 e. The summed E-state index contributed by atoms with van der Waals surface area (Å²) in [5.74, 6) is 0. The van der Waals surface area contributed by atoms with E-state index in [2.05, 4.69) is 27.3 Å². The zero-order chi connectivity index (χ0) is 10.4. The zero-order valence-electron chi connectivity index (χ0n) is 7.98. The summed E-state index contributed by atoms with van der Waals surface area (Å²) < 4.78 is 7.21. The molecule has 5 heteroatoms. The van der Waals surface area contributed by atoms with Gasteiger partial charge in [-0.1, -0.05) is 11.6 Å². The first-order valence-corrected chi connectivity index (χ1v) is 6.39. The highest BCUT2D eigenvalue weighted by molar-refractivity contribution is 9.10. The molecule has 1 aromatic heterocycles. The van der Waals surface area contributed by atoms with E-state index in [9.17, 15) is 0 Å². The third kappa shape index (κ3) is 4.28. The summed E-state index contributed by atoms with van der Waals surface area (Å²) in [4.78, 5) is 1.26. The number of ether oxygens (including phenoxy) is 1. The van der Waals surface area contributed by atoms with Crippen LogP contribution < -0.4 is 5.32 Å². The van der Waals surface area contributed by atoms with E-state index in [4.69, 9.17) is 16.3 Å². The minimum absolute atomic E-state index is 0.755. The maximum Gasteiger partial charge on any atom is 0.107 e. The Balaban J connectivity index is 2.18. The van der Waals surface area contributed by atoms with Crippen molar-refractivity contribution in [2.45, 2.75) is 6.42 Å². The molecule has 0 amide bonds. The number of hydrogen-bond acceptors (Lipinski definition) is 3. The fraction of sp³-hybridized carbons (Fsp3) is 0.556. The monoisotopic (exact) mass is 297 g/mol. The molecule has 14 heavy (non-hydrogen) atoms. The standard InChI is InChI=1S/C9H13BrClNOS/c1-12-3-5-13-4-2-7-6-8(10)9(11)14-7/h6,12H,2-5H2,1H3. The molecule has 80 valence electrons. The lowest BCUT2D eigenvalue weighted by atomic mass is 10.4. The Morgan fingerprint density at radius 2 is 2.36 bits per heavy atom. The van der Waals surface area contributed by atoms with Crippen LogP contribution in [0.1, 0.15) is 4.88 Å². The Hall–Kier alpha value is 0.390. The molecule has 0 aromatic carbocycles. The summed E-state index contributed by atoms with van der Waals surface area (Å²) >= 11 is 10.9. The van der Waals surface area contributed by atoms with Crippen LogP contribution in [0.3, 0.4) is 0 Å². The fourth-order valence-corrected chi connectivity index (χ4v) is 2.73. The van der Waals surface area contributed by atoms with E-state index in [-0.39, 0.29) is 0 Å². The van der Waals surface area contributed by atoms with Crippen molar-refractivity contribution in [3.05, 3.63) is 19.8 Å². The van der Waals surface area contributed by atoms with Crippen LogP contribution in [-0.2, 0) is 11.2 Å². The molecule has 1 heterocycles. The number of thiophene rings is 1. The van der Waals surface area contributed by atoms with Gasteiger partial charge in [0, 0.05) is 22.3 Å². The fourth-order valence-electron chi connectivity index (χ4n) is 0.964. The number of hydrogen-bond donors (Lipinski definition) is 1. The third-order valence-corrected chi connectivity index (χ3v) is 4.22. The lowest BCUT2D eigenvalue weighted by molar-refractivity contribution is 0.141. The van der Waals surface area contributed by atoms with Crippen molar-refractivity contribution >= 4 is 38.9 Å². The van der Waals surface area contributed by atoms with Crippen LogP contribution in [-0.4, -0.2) is 26.8 Å². The molecule has 1 rings (SSSR count). The molecule has 0 bridgehead atoms. The molecule has 0 saturated carbocycles. The first kappa shape index (κ1) is 12.5. The Kier molecular flexibility index (Phi) is 6.05. The highest BCUT2D eigenvalue weighted by Crippen LogP contribution is 2.32. The van der Waals surface area contributed by atoms with E-state index < -0.39 is 0 Å². The molecule has 0 fully saturated rings. The van der Waals surface area contributed by atoms with Gasteiger partial charge in [0.2, 0.25) is 0 Å². The van der Waals surface area contributed by atoms with E-state index in [1.807, 2.05) is 7.05 Å². The number of likely N-dealkylation sites (N-methyl/N-ethyl adjacent to an activating group) is 1. The third-order valence-electron chi connectivity index (χ3n) is 1.69. The van der Waals surface area contributed by atoms with Crippen LogP contribution in [0.25, 0.3) is 0 Å². The quantitative estimate of drug-likeness (QED) is 0.815. The molecule has 0 saturated heterocycles. The van der Waals surface area contributed by atoms with E-state index >= 15 is 0 Å². The van der Waals surface area contributed by atoms with Crippen LogP contribution >= 0.6 is 38.9 Å². The van der Waals surface area contributed by atoms with Gasteiger partial charge in [0.1, 0.15) is 4.34 Å². The second-order valence-corrected chi connectivity index (χ2v) is 5.39. The van der Waals surface area contributed by atoms with E-state index in [1.54, 1.807) is 11.3 Å². The lowest BCUT2D eigenvalue weighted by Crippen LogP contribution is -2.14. The second kappa shape index (κ2) is 6.80. The molecule has 1 aromatic rings. The number of nitrogens with one attached hydrogen (secondary N) is 1. The largest absolute Gasteiger partial charge is 0.380 e. The Morgan fingerprint density at radius 3 is 2.93 bits per heavy atom. The predicted molar refractivity (Wildman–Crippen MR) is 65.5 cm³/mol. The summed E-state index contributed by atoms with van der Waals surface area (Å²) in [6.45, 7) is 2.41. The van der Waals surface area contributed by atoms with Crippen LogP contribution in [0.4, 0.5) is 0 Å². The summed E-state index contributed by atoms with van der Waals surface area (Å²) in [5, 5.41) is 3.03. The molecule has 1 N–H and O–H groups in total. The van der Waals surface area contributed by atoms with Crippen molar-refractivity contribution in [3.8, 4) is 0 Å². The predicted octanol–water partition coefficient (Wildman–Crippen LogP) is 2.94. The number of halogens is 2. The summed E-state index contributed by atoms with van der Waals surface area (Å²) in [7, 11) is 1.92. The van der Waals surface area contributed by atoms with Crippen LogP contribution in [0.2, 0.25) is 4.34 Å². The van der Waals surface area contributed by atoms with Crippen LogP contribution in [0.15, 0.2) is 10.5 Å². The van der Waals surface area contributed by atoms with Crippen molar-refractivity contribution in [2.24, 2.45) is 0 Å². The molecule has 0 aliphatic rings. The maximum atomic E-state index is 5.91. The molecule has 0 aliphatic heterocycles. The van der Waals surface area contributed by atoms with Crippen molar-refractivity contribution in [3.63, 3.8) is 0 Å². The average Bonchev–Trinajstić information content (AvgIpc) is 2.46. The van der Waals surface area contributed by atoms with Crippen molar-refractivity contribution in [2.75, 3.05) is 26.8 Å². The lowest BCUT2D eigenvalue weighted by Gasteiger charge is -2.01. The van der Waals surface area contributed by atoms with Crippen molar-refractivity contribution in [1.82, 2.24) is 5.32 Å². The smallest absolute Gasteiger partial charge is 0.107 e. The maximum absolute atomic E-state index is 5.91. The zero-order valence-corrected chi connectivity index (χ0v) is 11.1. The molecule has 0 unspecified atom stereocenters. The van der Waals surface area contributed by atoms with Gasteiger partial charge in [-0.05, 0) is 29.0 Å². The number of rotatable bonds is 6. The van der Waals surface area contributed by atoms with E-state index in [0.717, 1.165) is 35.0 Å². The molecular formula is C9H13BrClNOS. The van der Waals surface area contributed by atoms with Crippen molar-refractivity contribution < 1.29 is 4.74 Å². The topological polar surface area (TPSA) is 21.3 Å². The normalized spacial score (nSPS) is 10.8. The Morgan fingerprint density at radius 1 is 1.57 bits per heavy atom. The Bertz CT molecular complexity index is 260. The van der Waals surface area contributed by atoms with Gasteiger partial charge >= 0.3 is 0 Å². The summed E-state index contributed by atoms with van der Waals surface area (Å²) in [6, 6.07) is 2.05. The van der Waals surface area contributed by atoms with Gasteiger partial charge in [0.15, 0.2) is 0 Å². The van der Waals surface area contributed by atoms with Gasteiger partial charge < -0.3 is 10.1 Å². The first-order valence-electron chi connectivity index (χ1n) is 4.40. The van der Waals surface area contributed by atoms with E-state index in [0.29, 0.717) is 0 Å². The van der Waals surface area contributed by atoms with Crippen LogP contribution in [0, 0.1) is 0 Å². The molecule has 0 radical (unpaired) electrons. The minimum atomic E-state index is 0.755. The van der Waals surface area contributed by atoms with Gasteiger partial charge in [0.25, 0.3) is 0 Å². The van der Waals surface area contributed by atoms with Gasteiger partial charge in [0.05, 0.1) is 13.2 Å². The highest BCUT2D eigenvalue weighted by Gasteiger charge is 2.03. The highest BCUT2D eigenvalue weighted by atomic mass is 79.9. The SMILES string of the molecule is CNCCOCCc1cc(Br)c(Cl)s1. The molecule has 2 nitrogen and oxygen atoms in total. The van der Waals surface area contributed by atoms with Gasteiger partial charge in [-0.2, -0.15) is 0 Å². The van der Waals surface area contributed by atoms with E-state index in [1.165, 1.54) is 4.88 Å². The van der Waals surface area contributed by atoms with Gasteiger partial charge in [-0.25, -0.2) is 0 Å². The van der Waals surface area contributed by atoms with Crippen molar-refractivity contribution in [1.29, 1.82) is 0 Å². The summed E-state index contributed by atoms with van der Waals surface area (Å²) in [5.41, 5.74) is 0. The van der Waals surface area contributed by atoms with Crippen LogP contribution in [0.5, 0.6) is 0 Å². The first-order chi connectivity index (χ1) is 6.74. The molecule has 0 aliphatic carbocycles. The second-order valence-electron chi connectivity index (χ2n) is 2.80. The molecule has 0 spiro atoms. The van der Waals surface area contributed by atoms with Gasteiger partial charge in [-0.3, -0.25) is 0 Å².